The Labute approximate surface area is 122 Å². The van der Waals surface area contributed by atoms with Gasteiger partial charge in [0.25, 0.3) is 0 Å². The van der Waals surface area contributed by atoms with Crippen LogP contribution in [-0.4, -0.2) is 56.4 Å². The standard InChI is InChI=1S/C14H28N2O3S/c1-20(18,19)16-8-2-3-13(11-16)10-15-9-12-4-6-14(17)7-5-12/h12-15,17H,2-11H2,1H3. The third-order valence-electron chi connectivity index (χ3n) is 4.63. The number of nitrogens with one attached hydrogen (secondary N) is 1. The molecule has 1 aliphatic carbocycles. The molecule has 1 saturated heterocycles. The van der Waals surface area contributed by atoms with Gasteiger partial charge in [0, 0.05) is 13.1 Å². The molecule has 20 heavy (non-hydrogen) atoms. The van der Waals surface area contributed by atoms with E-state index in [1.807, 2.05) is 0 Å². The second kappa shape index (κ2) is 7.20. The normalized spacial score (nSPS) is 33.2. The summed E-state index contributed by atoms with van der Waals surface area (Å²) >= 11 is 0. The molecule has 1 unspecified atom stereocenters. The summed E-state index contributed by atoms with van der Waals surface area (Å²) in [6, 6.07) is 0. The maximum Gasteiger partial charge on any atom is 0.211 e. The number of rotatable bonds is 5. The van der Waals surface area contributed by atoms with E-state index in [-0.39, 0.29) is 6.10 Å². The molecule has 0 bridgehead atoms. The van der Waals surface area contributed by atoms with Crippen LogP contribution in [0.3, 0.4) is 0 Å². The van der Waals surface area contributed by atoms with Crippen molar-refractivity contribution in [2.45, 2.75) is 44.6 Å². The zero-order valence-electron chi connectivity index (χ0n) is 12.4. The van der Waals surface area contributed by atoms with Crippen LogP contribution in [0, 0.1) is 11.8 Å². The molecule has 2 aliphatic rings. The molecule has 1 aliphatic heterocycles. The molecule has 6 heteroatoms. The summed E-state index contributed by atoms with van der Waals surface area (Å²) in [7, 11) is -3.03. The molecule has 0 spiro atoms. The van der Waals surface area contributed by atoms with Crippen molar-refractivity contribution < 1.29 is 13.5 Å². The van der Waals surface area contributed by atoms with Gasteiger partial charge in [0.15, 0.2) is 0 Å². The van der Waals surface area contributed by atoms with Crippen LogP contribution >= 0.6 is 0 Å². The van der Waals surface area contributed by atoms with E-state index >= 15 is 0 Å². The largest absolute Gasteiger partial charge is 0.393 e. The maximum absolute atomic E-state index is 11.6. The van der Waals surface area contributed by atoms with Gasteiger partial charge < -0.3 is 10.4 Å². The maximum atomic E-state index is 11.6. The summed E-state index contributed by atoms with van der Waals surface area (Å²) in [5.41, 5.74) is 0. The first-order valence-electron chi connectivity index (χ1n) is 7.79. The Morgan fingerprint density at radius 3 is 2.40 bits per heavy atom. The summed E-state index contributed by atoms with van der Waals surface area (Å²) < 4.78 is 24.7. The summed E-state index contributed by atoms with van der Waals surface area (Å²) in [5.74, 6) is 1.11. The SMILES string of the molecule is CS(=O)(=O)N1CCCC(CNCC2CCC(O)CC2)C1. The van der Waals surface area contributed by atoms with Gasteiger partial charge in [-0.15, -0.1) is 0 Å². The zero-order valence-corrected chi connectivity index (χ0v) is 13.2. The van der Waals surface area contributed by atoms with Gasteiger partial charge in [-0.25, -0.2) is 12.7 Å². The van der Waals surface area contributed by atoms with Crippen LogP contribution in [0.25, 0.3) is 0 Å². The number of piperidine rings is 1. The average molecular weight is 304 g/mol. The third-order valence-corrected chi connectivity index (χ3v) is 5.90. The minimum Gasteiger partial charge on any atom is -0.393 e. The average Bonchev–Trinajstić information content (AvgIpc) is 2.40. The van der Waals surface area contributed by atoms with E-state index in [4.69, 9.17) is 0 Å². The van der Waals surface area contributed by atoms with Crippen molar-refractivity contribution in [1.29, 1.82) is 0 Å². The van der Waals surface area contributed by atoms with Crippen molar-refractivity contribution in [3.05, 3.63) is 0 Å². The highest BCUT2D eigenvalue weighted by molar-refractivity contribution is 7.88. The molecule has 2 N–H and O–H groups in total. The van der Waals surface area contributed by atoms with Crippen LogP contribution < -0.4 is 5.32 Å². The highest BCUT2D eigenvalue weighted by atomic mass is 32.2. The van der Waals surface area contributed by atoms with Gasteiger partial charge in [-0.2, -0.15) is 0 Å². The van der Waals surface area contributed by atoms with E-state index in [0.29, 0.717) is 24.9 Å². The summed E-state index contributed by atoms with van der Waals surface area (Å²) in [5, 5.41) is 13.0. The van der Waals surface area contributed by atoms with Crippen LogP contribution in [0.4, 0.5) is 0 Å². The fraction of sp³-hybridized carbons (Fsp3) is 1.00. The molecule has 118 valence electrons. The molecule has 5 nitrogen and oxygen atoms in total. The van der Waals surface area contributed by atoms with Crippen LogP contribution in [0.5, 0.6) is 0 Å². The molecular formula is C14H28N2O3S. The van der Waals surface area contributed by atoms with E-state index < -0.39 is 10.0 Å². The van der Waals surface area contributed by atoms with E-state index in [0.717, 1.165) is 51.6 Å². The Kier molecular flexibility index (Phi) is 5.84. The molecule has 1 atom stereocenters. The van der Waals surface area contributed by atoms with Gasteiger partial charge >= 0.3 is 0 Å². The van der Waals surface area contributed by atoms with Crippen molar-refractivity contribution >= 4 is 10.0 Å². The summed E-state index contributed by atoms with van der Waals surface area (Å²) in [4.78, 5) is 0. The molecule has 0 aromatic rings. The Morgan fingerprint density at radius 1 is 1.10 bits per heavy atom. The molecule has 0 aromatic carbocycles. The first-order chi connectivity index (χ1) is 9.45. The second-order valence-corrected chi connectivity index (χ2v) is 8.44. The van der Waals surface area contributed by atoms with Gasteiger partial charge in [0.2, 0.25) is 10.0 Å². The van der Waals surface area contributed by atoms with Gasteiger partial charge in [-0.3, -0.25) is 0 Å². The van der Waals surface area contributed by atoms with Gasteiger partial charge in [0.05, 0.1) is 12.4 Å². The lowest BCUT2D eigenvalue weighted by Gasteiger charge is -2.32. The van der Waals surface area contributed by atoms with Crippen molar-refractivity contribution in [3.63, 3.8) is 0 Å². The van der Waals surface area contributed by atoms with Crippen LogP contribution in [0.1, 0.15) is 38.5 Å². The van der Waals surface area contributed by atoms with Crippen LogP contribution in [0.2, 0.25) is 0 Å². The highest BCUT2D eigenvalue weighted by Crippen LogP contribution is 2.24. The lowest BCUT2D eigenvalue weighted by molar-refractivity contribution is 0.108. The Bertz CT molecular complexity index is 391. The topological polar surface area (TPSA) is 69.6 Å². The van der Waals surface area contributed by atoms with E-state index in [2.05, 4.69) is 5.32 Å². The van der Waals surface area contributed by atoms with Crippen molar-refractivity contribution in [1.82, 2.24) is 9.62 Å². The molecule has 1 saturated carbocycles. The predicted molar refractivity (Wildman–Crippen MR) is 80.0 cm³/mol. The van der Waals surface area contributed by atoms with Crippen LogP contribution in [-0.2, 0) is 10.0 Å². The minimum absolute atomic E-state index is 0.0899. The number of aliphatic hydroxyl groups excluding tert-OH is 1. The lowest BCUT2D eigenvalue weighted by Crippen LogP contribution is -2.43. The van der Waals surface area contributed by atoms with Crippen molar-refractivity contribution in [3.8, 4) is 0 Å². The second-order valence-electron chi connectivity index (χ2n) is 6.46. The highest BCUT2D eigenvalue weighted by Gasteiger charge is 2.26. The number of sulfonamides is 1. The number of hydrogen-bond acceptors (Lipinski definition) is 4. The van der Waals surface area contributed by atoms with E-state index in [1.54, 1.807) is 4.31 Å². The molecule has 0 radical (unpaired) electrons. The fourth-order valence-corrected chi connectivity index (χ4v) is 4.28. The quantitative estimate of drug-likeness (QED) is 0.788. The fourth-order valence-electron chi connectivity index (χ4n) is 3.34. The molecule has 2 rings (SSSR count). The van der Waals surface area contributed by atoms with Gasteiger partial charge in [-0.05, 0) is 63.5 Å². The molecule has 2 fully saturated rings. The summed E-state index contributed by atoms with van der Waals surface area (Å²) in [6.07, 6.45) is 7.36. The number of hydrogen-bond donors (Lipinski definition) is 2. The number of nitrogens with zero attached hydrogens (tertiary/aromatic N) is 1. The Balaban J connectivity index is 1.66. The predicted octanol–water partition coefficient (Wildman–Crippen LogP) is 0.799. The molecule has 0 amide bonds. The summed E-state index contributed by atoms with van der Waals surface area (Å²) in [6.45, 7) is 3.25. The smallest absolute Gasteiger partial charge is 0.211 e. The minimum atomic E-state index is -3.03. The molecule has 1 heterocycles. The third kappa shape index (κ3) is 4.98. The van der Waals surface area contributed by atoms with E-state index in [1.165, 1.54) is 6.26 Å². The van der Waals surface area contributed by atoms with Crippen molar-refractivity contribution in [2.75, 3.05) is 32.4 Å². The lowest BCUT2D eigenvalue weighted by atomic mass is 9.87. The van der Waals surface area contributed by atoms with Crippen molar-refractivity contribution in [2.24, 2.45) is 11.8 Å². The molecular weight excluding hydrogens is 276 g/mol. The zero-order chi connectivity index (χ0) is 14.6. The Hall–Kier alpha value is -0.170. The van der Waals surface area contributed by atoms with Gasteiger partial charge in [0.1, 0.15) is 0 Å². The Morgan fingerprint density at radius 2 is 1.75 bits per heavy atom. The monoisotopic (exact) mass is 304 g/mol. The first kappa shape index (κ1) is 16.2. The number of aliphatic hydroxyl groups is 1. The first-order valence-corrected chi connectivity index (χ1v) is 9.64. The van der Waals surface area contributed by atoms with Gasteiger partial charge in [-0.1, -0.05) is 0 Å². The van der Waals surface area contributed by atoms with Crippen LogP contribution in [0.15, 0.2) is 0 Å². The van der Waals surface area contributed by atoms with E-state index in [9.17, 15) is 13.5 Å². The molecule has 0 aromatic heterocycles.